The van der Waals surface area contributed by atoms with Gasteiger partial charge in [-0.3, -0.25) is 0 Å². The van der Waals surface area contributed by atoms with E-state index >= 15 is 0 Å². The zero-order chi connectivity index (χ0) is 20.5. The fraction of sp³-hybridized carbons (Fsp3) is 0.172. The minimum atomic E-state index is 0.143. The molecule has 4 aromatic carbocycles. The summed E-state index contributed by atoms with van der Waals surface area (Å²) in [4.78, 5) is 0. The molecule has 0 atom stereocenters. The van der Waals surface area contributed by atoms with Gasteiger partial charge in [-0.2, -0.15) is 0 Å². The lowest BCUT2D eigenvalue weighted by atomic mass is 9.85. The number of aromatic nitrogens is 1. The Bertz CT molecular complexity index is 1430. The molecule has 146 valence electrons. The van der Waals surface area contributed by atoms with E-state index in [1.165, 1.54) is 55.3 Å². The number of hydrogen-bond donors (Lipinski definition) is 0. The van der Waals surface area contributed by atoms with Crippen molar-refractivity contribution in [3.05, 3.63) is 102 Å². The van der Waals surface area contributed by atoms with Gasteiger partial charge in [-0.1, -0.05) is 81.4 Å². The summed E-state index contributed by atoms with van der Waals surface area (Å²) >= 11 is 0. The summed E-state index contributed by atoms with van der Waals surface area (Å²) in [7, 11) is 0. The zero-order valence-electron chi connectivity index (χ0n) is 17.7. The molecule has 0 saturated heterocycles. The van der Waals surface area contributed by atoms with Crippen LogP contribution in [0.4, 0.5) is 0 Å². The lowest BCUT2D eigenvalue weighted by molar-refractivity contribution is 0.590. The Labute approximate surface area is 177 Å². The highest BCUT2D eigenvalue weighted by Crippen LogP contribution is 2.46. The lowest BCUT2D eigenvalue weighted by Gasteiger charge is -2.20. The molecule has 1 aliphatic rings. The van der Waals surface area contributed by atoms with Crippen molar-refractivity contribution in [1.82, 2.24) is 4.57 Å². The summed E-state index contributed by atoms with van der Waals surface area (Å²) in [5.41, 5.74) is 11.1. The van der Waals surface area contributed by atoms with Crippen LogP contribution in [0.5, 0.6) is 0 Å². The van der Waals surface area contributed by atoms with Gasteiger partial charge in [-0.05, 0) is 63.9 Å². The summed E-state index contributed by atoms with van der Waals surface area (Å²) in [6, 6.07) is 31.3. The van der Waals surface area contributed by atoms with Crippen molar-refractivity contribution in [3.8, 4) is 16.8 Å². The zero-order valence-corrected chi connectivity index (χ0v) is 17.7. The quantitative estimate of drug-likeness (QED) is 0.273. The number of para-hydroxylation sites is 2. The minimum absolute atomic E-state index is 0.143. The van der Waals surface area contributed by atoms with E-state index in [0.29, 0.717) is 0 Å². The third-order valence-corrected chi connectivity index (χ3v) is 6.57. The summed E-state index contributed by atoms with van der Waals surface area (Å²) in [6.45, 7) is 6.89. The monoisotopic (exact) mass is 387 g/mol. The number of benzene rings is 4. The Morgan fingerprint density at radius 3 is 2.23 bits per heavy atom. The van der Waals surface area contributed by atoms with E-state index in [2.05, 4.69) is 110 Å². The van der Waals surface area contributed by atoms with Crippen molar-refractivity contribution in [1.29, 1.82) is 0 Å². The third kappa shape index (κ3) is 2.42. The second-order valence-corrected chi connectivity index (χ2v) is 9.48. The highest BCUT2D eigenvalue weighted by Gasteiger charge is 2.26. The van der Waals surface area contributed by atoms with Gasteiger partial charge < -0.3 is 4.57 Å². The van der Waals surface area contributed by atoms with Gasteiger partial charge in [0.25, 0.3) is 0 Å². The van der Waals surface area contributed by atoms with E-state index in [-0.39, 0.29) is 5.41 Å². The topological polar surface area (TPSA) is 4.93 Å². The third-order valence-electron chi connectivity index (χ3n) is 6.57. The summed E-state index contributed by atoms with van der Waals surface area (Å²) in [5, 5.41) is 2.72. The maximum atomic E-state index is 2.44. The van der Waals surface area contributed by atoms with Gasteiger partial charge in [0.2, 0.25) is 0 Å². The van der Waals surface area contributed by atoms with Gasteiger partial charge in [0.15, 0.2) is 0 Å². The van der Waals surface area contributed by atoms with Crippen molar-refractivity contribution >= 4 is 21.8 Å². The molecule has 0 spiro atoms. The van der Waals surface area contributed by atoms with Gasteiger partial charge in [0.05, 0.1) is 11.0 Å². The van der Waals surface area contributed by atoms with Crippen LogP contribution in [-0.4, -0.2) is 4.57 Å². The molecule has 0 N–H and O–H groups in total. The fourth-order valence-electron chi connectivity index (χ4n) is 5.05. The van der Waals surface area contributed by atoms with Crippen LogP contribution in [0.2, 0.25) is 0 Å². The highest BCUT2D eigenvalue weighted by atomic mass is 15.0. The van der Waals surface area contributed by atoms with Gasteiger partial charge in [0.1, 0.15) is 0 Å². The number of hydrogen-bond acceptors (Lipinski definition) is 0. The van der Waals surface area contributed by atoms with E-state index < -0.39 is 0 Å². The minimum Gasteiger partial charge on any atom is -0.309 e. The smallest absolute Gasteiger partial charge is 0.0547 e. The van der Waals surface area contributed by atoms with Crippen LogP contribution < -0.4 is 0 Å². The predicted octanol–water partition coefficient (Wildman–Crippen LogP) is 7.65. The predicted molar refractivity (Wildman–Crippen MR) is 128 cm³/mol. The second kappa shape index (κ2) is 6.09. The molecule has 1 nitrogen and oxygen atoms in total. The molecule has 1 heteroatoms. The molecule has 5 aromatic rings. The van der Waals surface area contributed by atoms with E-state index in [9.17, 15) is 0 Å². The molecule has 0 unspecified atom stereocenters. The largest absolute Gasteiger partial charge is 0.309 e. The number of rotatable bonds is 1. The molecule has 30 heavy (non-hydrogen) atoms. The van der Waals surface area contributed by atoms with Crippen molar-refractivity contribution in [3.63, 3.8) is 0 Å². The highest BCUT2D eigenvalue weighted by molar-refractivity contribution is 6.17. The Kier molecular flexibility index (Phi) is 3.56. The summed E-state index contributed by atoms with van der Waals surface area (Å²) in [5.74, 6) is 0. The summed E-state index contributed by atoms with van der Waals surface area (Å²) < 4.78 is 2.41. The first kappa shape index (κ1) is 17.5. The molecule has 0 saturated carbocycles. The molecule has 6 rings (SSSR count). The molecule has 0 fully saturated rings. The first-order valence-electron chi connectivity index (χ1n) is 10.8. The van der Waals surface area contributed by atoms with E-state index in [0.717, 1.165) is 6.42 Å². The first-order chi connectivity index (χ1) is 14.5. The van der Waals surface area contributed by atoms with E-state index in [1.807, 2.05) is 0 Å². The van der Waals surface area contributed by atoms with E-state index in [4.69, 9.17) is 0 Å². The standard InChI is InChI=1S/C29H25N/c1-29(2,3)21-15-13-19-17-20-14-16-26-28(27(20)24(19)18-21)23-11-7-8-12-25(23)30(26)22-9-5-4-6-10-22/h4-16,18H,17H2,1-3H3. The van der Waals surface area contributed by atoms with Crippen molar-refractivity contribution in [2.45, 2.75) is 32.6 Å². The molecular formula is C29H25N. The first-order valence-corrected chi connectivity index (χ1v) is 10.8. The number of fused-ring (bicyclic) bond motifs is 7. The normalized spacial score (nSPS) is 13.0. The van der Waals surface area contributed by atoms with Gasteiger partial charge in [-0.15, -0.1) is 0 Å². The van der Waals surface area contributed by atoms with Crippen LogP contribution in [0.1, 0.15) is 37.5 Å². The Morgan fingerprint density at radius 1 is 0.700 bits per heavy atom. The van der Waals surface area contributed by atoms with Crippen LogP contribution in [0.3, 0.4) is 0 Å². The molecule has 1 heterocycles. The van der Waals surface area contributed by atoms with Crippen LogP contribution in [0.15, 0.2) is 84.9 Å². The maximum Gasteiger partial charge on any atom is 0.0547 e. The Morgan fingerprint density at radius 2 is 1.43 bits per heavy atom. The molecule has 0 aliphatic heterocycles. The van der Waals surface area contributed by atoms with Gasteiger partial charge >= 0.3 is 0 Å². The van der Waals surface area contributed by atoms with Crippen LogP contribution >= 0.6 is 0 Å². The molecule has 0 amide bonds. The molecule has 0 radical (unpaired) electrons. The molecule has 1 aromatic heterocycles. The Hall–Kier alpha value is -3.32. The van der Waals surface area contributed by atoms with Crippen LogP contribution in [0.25, 0.3) is 38.6 Å². The summed E-state index contributed by atoms with van der Waals surface area (Å²) in [6.07, 6.45) is 1.02. The van der Waals surface area contributed by atoms with Gasteiger partial charge in [-0.25, -0.2) is 0 Å². The lowest BCUT2D eigenvalue weighted by Crippen LogP contribution is -2.10. The van der Waals surface area contributed by atoms with Crippen molar-refractivity contribution in [2.24, 2.45) is 0 Å². The van der Waals surface area contributed by atoms with E-state index in [1.54, 1.807) is 0 Å². The molecular weight excluding hydrogens is 362 g/mol. The SMILES string of the molecule is CC(C)(C)c1ccc2c(c1)-c1c(ccc3c1c1ccccc1n3-c1ccccc1)C2. The van der Waals surface area contributed by atoms with Gasteiger partial charge in [0, 0.05) is 16.5 Å². The second-order valence-electron chi connectivity index (χ2n) is 9.48. The molecule has 1 aliphatic carbocycles. The Balaban J connectivity index is 1.75. The van der Waals surface area contributed by atoms with Crippen molar-refractivity contribution in [2.75, 3.05) is 0 Å². The van der Waals surface area contributed by atoms with Crippen LogP contribution in [0, 0.1) is 0 Å². The maximum absolute atomic E-state index is 2.44. The fourth-order valence-corrected chi connectivity index (χ4v) is 5.05. The van der Waals surface area contributed by atoms with Crippen molar-refractivity contribution < 1.29 is 0 Å². The average Bonchev–Trinajstić information content (AvgIpc) is 3.28. The molecule has 0 bridgehead atoms. The number of nitrogens with zero attached hydrogens (tertiary/aromatic N) is 1. The average molecular weight is 388 g/mol. The van der Waals surface area contributed by atoms with Crippen LogP contribution in [-0.2, 0) is 11.8 Å².